The molecule has 0 heteroatoms. The molecule has 110 valence electrons. The molecule has 0 fully saturated rings. The Balaban J connectivity index is 2.10. The average molecular weight is 262 g/mol. The Labute approximate surface area is 121 Å². The van der Waals surface area contributed by atoms with Gasteiger partial charge in [-0.1, -0.05) is 95.9 Å². The van der Waals surface area contributed by atoms with Gasteiger partial charge in [0.2, 0.25) is 0 Å². The van der Waals surface area contributed by atoms with Crippen LogP contribution in [-0.2, 0) is 0 Å². The van der Waals surface area contributed by atoms with Crippen LogP contribution in [0.15, 0.2) is 24.3 Å². The number of hydrogen-bond donors (Lipinski definition) is 0. The van der Waals surface area contributed by atoms with Crippen LogP contribution in [0.4, 0.5) is 0 Å². The van der Waals surface area contributed by atoms with Crippen LogP contribution in [0.1, 0.15) is 84.5 Å². The summed E-state index contributed by atoms with van der Waals surface area (Å²) in [7, 11) is 0. The lowest BCUT2D eigenvalue weighted by Gasteiger charge is -2.21. The summed E-state index contributed by atoms with van der Waals surface area (Å²) in [5, 5.41) is 0. The molecule has 1 aliphatic rings. The maximum Gasteiger partial charge on any atom is -0.00190 e. The van der Waals surface area contributed by atoms with Crippen molar-refractivity contribution in [3.63, 3.8) is 0 Å². The zero-order valence-electron chi connectivity index (χ0n) is 13.2. The lowest BCUT2D eigenvalue weighted by atomic mass is 9.84. The Morgan fingerprint density at radius 3 is 1.84 bits per heavy atom. The van der Waals surface area contributed by atoms with Crippen LogP contribution in [0.5, 0.6) is 0 Å². The smallest absolute Gasteiger partial charge is 0.00190 e. The molecule has 1 aliphatic carbocycles. The van der Waals surface area contributed by atoms with Gasteiger partial charge in [-0.05, 0) is 24.7 Å². The van der Waals surface area contributed by atoms with Gasteiger partial charge < -0.3 is 0 Å². The second-order valence-electron chi connectivity index (χ2n) is 6.16. The third-order valence-corrected chi connectivity index (χ3v) is 4.43. The molecule has 0 amide bonds. The van der Waals surface area contributed by atoms with E-state index < -0.39 is 0 Å². The van der Waals surface area contributed by atoms with Crippen LogP contribution < -0.4 is 0 Å². The molecule has 1 atom stereocenters. The fourth-order valence-electron chi connectivity index (χ4n) is 3.12. The standard InChI is InChI=1S/C19H34/c1-3-5-7-8-9-10-11-15-18(14-6-4-2)19-16-12-13-17-19/h12-13,16-19H,3-11,14-15H2,1-2H3. The number of rotatable bonds is 12. The topological polar surface area (TPSA) is 0 Å². The van der Waals surface area contributed by atoms with Crippen molar-refractivity contribution in [3.05, 3.63) is 24.3 Å². The highest BCUT2D eigenvalue weighted by atomic mass is 14.2. The van der Waals surface area contributed by atoms with Gasteiger partial charge in [-0.25, -0.2) is 0 Å². The summed E-state index contributed by atoms with van der Waals surface area (Å²) < 4.78 is 0. The second-order valence-corrected chi connectivity index (χ2v) is 6.16. The van der Waals surface area contributed by atoms with Crippen LogP contribution in [0.3, 0.4) is 0 Å². The highest BCUT2D eigenvalue weighted by Gasteiger charge is 2.17. The minimum absolute atomic E-state index is 0.742. The van der Waals surface area contributed by atoms with E-state index in [0.29, 0.717) is 0 Å². The molecular formula is C19H34. The van der Waals surface area contributed by atoms with Crippen LogP contribution >= 0.6 is 0 Å². The molecule has 0 N–H and O–H groups in total. The average Bonchev–Trinajstić information content (AvgIpc) is 2.95. The fourth-order valence-corrected chi connectivity index (χ4v) is 3.12. The lowest BCUT2D eigenvalue weighted by molar-refractivity contribution is 0.365. The van der Waals surface area contributed by atoms with E-state index >= 15 is 0 Å². The summed E-state index contributed by atoms with van der Waals surface area (Å²) in [4.78, 5) is 0. The summed E-state index contributed by atoms with van der Waals surface area (Å²) in [6, 6.07) is 0. The Kier molecular flexibility index (Phi) is 9.85. The monoisotopic (exact) mass is 262 g/mol. The zero-order chi connectivity index (χ0) is 13.8. The molecule has 0 spiro atoms. The minimum Gasteiger partial charge on any atom is -0.0773 e. The van der Waals surface area contributed by atoms with E-state index in [4.69, 9.17) is 0 Å². The van der Waals surface area contributed by atoms with Crippen LogP contribution in [0.25, 0.3) is 0 Å². The maximum atomic E-state index is 2.40. The van der Waals surface area contributed by atoms with E-state index in [-0.39, 0.29) is 0 Å². The second kappa shape index (κ2) is 11.3. The van der Waals surface area contributed by atoms with Crippen molar-refractivity contribution in [1.82, 2.24) is 0 Å². The predicted octanol–water partition coefficient (Wildman–Crippen LogP) is 6.68. The Morgan fingerprint density at radius 2 is 1.21 bits per heavy atom. The SMILES string of the molecule is CCCCCCCCCC(CCCC)C1C=CC=C1. The third kappa shape index (κ3) is 7.60. The molecule has 0 saturated carbocycles. The summed E-state index contributed by atoms with van der Waals surface area (Å²) in [6.07, 6.45) is 24.9. The van der Waals surface area contributed by atoms with Gasteiger partial charge in [-0.3, -0.25) is 0 Å². The zero-order valence-corrected chi connectivity index (χ0v) is 13.2. The van der Waals surface area contributed by atoms with Gasteiger partial charge in [0.25, 0.3) is 0 Å². The molecule has 0 bridgehead atoms. The molecule has 0 heterocycles. The van der Waals surface area contributed by atoms with Gasteiger partial charge in [0.1, 0.15) is 0 Å². The first-order chi connectivity index (χ1) is 9.38. The minimum atomic E-state index is 0.742. The molecule has 19 heavy (non-hydrogen) atoms. The summed E-state index contributed by atoms with van der Waals surface area (Å²) in [5.41, 5.74) is 0. The van der Waals surface area contributed by atoms with E-state index in [1.54, 1.807) is 0 Å². The van der Waals surface area contributed by atoms with Crippen LogP contribution in [0.2, 0.25) is 0 Å². The van der Waals surface area contributed by atoms with Crippen molar-refractivity contribution < 1.29 is 0 Å². The highest BCUT2D eigenvalue weighted by Crippen LogP contribution is 2.29. The van der Waals surface area contributed by atoms with Crippen molar-refractivity contribution in [1.29, 1.82) is 0 Å². The summed E-state index contributed by atoms with van der Waals surface area (Å²) in [5.74, 6) is 1.65. The van der Waals surface area contributed by atoms with E-state index in [9.17, 15) is 0 Å². The molecular weight excluding hydrogens is 228 g/mol. The summed E-state index contributed by atoms with van der Waals surface area (Å²) in [6.45, 7) is 4.60. The van der Waals surface area contributed by atoms with Crippen molar-refractivity contribution in [2.45, 2.75) is 84.5 Å². The number of allylic oxidation sites excluding steroid dienone is 4. The Hall–Kier alpha value is -0.520. The van der Waals surface area contributed by atoms with Gasteiger partial charge in [-0.2, -0.15) is 0 Å². The first-order valence-corrected chi connectivity index (χ1v) is 8.73. The maximum absolute atomic E-state index is 2.40. The number of hydrogen-bond acceptors (Lipinski definition) is 0. The van der Waals surface area contributed by atoms with Gasteiger partial charge in [-0.15, -0.1) is 0 Å². The molecule has 0 nitrogen and oxygen atoms in total. The molecule has 0 saturated heterocycles. The van der Waals surface area contributed by atoms with Crippen molar-refractivity contribution in [3.8, 4) is 0 Å². The van der Waals surface area contributed by atoms with Crippen LogP contribution in [0, 0.1) is 11.8 Å². The molecule has 0 aromatic rings. The van der Waals surface area contributed by atoms with Gasteiger partial charge in [0.15, 0.2) is 0 Å². The van der Waals surface area contributed by atoms with E-state index in [2.05, 4.69) is 38.2 Å². The molecule has 0 aromatic heterocycles. The van der Waals surface area contributed by atoms with Gasteiger partial charge in [0, 0.05) is 0 Å². The largest absolute Gasteiger partial charge is 0.0773 e. The molecule has 0 aliphatic heterocycles. The van der Waals surface area contributed by atoms with Crippen molar-refractivity contribution in [2.24, 2.45) is 11.8 Å². The Bertz CT molecular complexity index is 237. The molecule has 0 aromatic carbocycles. The normalized spacial score (nSPS) is 16.3. The lowest BCUT2D eigenvalue weighted by Crippen LogP contribution is -2.10. The predicted molar refractivity (Wildman–Crippen MR) is 87.4 cm³/mol. The number of unbranched alkanes of at least 4 members (excludes halogenated alkanes) is 7. The molecule has 1 unspecified atom stereocenters. The van der Waals surface area contributed by atoms with Gasteiger partial charge >= 0.3 is 0 Å². The van der Waals surface area contributed by atoms with Crippen molar-refractivity contribution in [2.75, 3.05) is 0 Å². The highest BCUT2D eigenvalue weighted by molar-refractivity contribution is 5.18. The fraction of sp³-hybridized carbons (Fsp3) is 0.789. The molecule has 1 rings (SSSR count). The van der Waals surface area contributed by atoms with Crippen LogP contribution in [-0.4, -0.2) is 0 Å². The molecule has 0 radical (unpaired) electrons. The van der Waals surface area contributed by atoms with E-state index in [1.165, 1.54) is 70.6 Å². The van der Waals surface area contributed by atoms with E-state index in [0.717, 1.165) is 11.8 Å². The van der Waals surface area contributed by atoms with Gasteiger partial charge in [0.05, 0.1) is 0 Å². The first-order valence-electron chi connectivity index (χ1n) is 8.73. The Morgan fingerprint density at radius 1 is 0.684 bits per heavy atom. The summed E-state index contributed by atoms with van der Waals surface area (Å²) >= 11 is 0. The van der Waals surface area contributed by atoms with Crippen molar-refractivity contribution >= 4 is 0 Å². The van der Waals surface area contributed by atoms with E-state index in [1.807, 2.05) is 0 Å². The quantitative estimate of drug-likeness (QED) is 0.344. The first kappa shape index (κ1) is 16.5. The third-order valence-electron chi connectivity index (χ3n) is 4.43.